The van der Waals surface area contributed by atoms with E-state index in [0.717, 1.165) is 0 Å². The van der Waals surface area contributed by atoms with E-state index in [1.54, 1.807) is 12.1 Å². The lowest BCUT2D eigenvalue weighted by molar-refractivity contribution is -0.255. The molecular weight excluding hydrogens is 354 g/mol. The molecule has 0 bridgehead atoms. The normalized spacial score (nSPS) is 10.0. The number of hydrogen-bond acceptors (Lipinski definition) is 7. The van der Waals surface area contributed by atoms with Crippen LogP contribution in [-0.4, -0.2) is 23.8 Å². The largest absolute Gasteiger partial charge is 0.545 e. The zero-order valence-electron chi connectivity index (χ0n) is 14.6. The van der Waals surface area contributed by atoms with Crippen molar-refractivity contribution in [3.05, 3.63) is 59.2 Å². The van der Waals surface area contributed by atoms with Gasteiger partial charge in [-0.15, -0.1) is 0 Å². The molecule has 0 saturated carbocycles. The molecule has 1 N–H and O–H groups in total. The van der Waals surface area contributed by atoms with E-state index in [2.05, 4.69) is 5.32 Å². The van der Waals surface area contributed by atoms with Crippen LogP contribution in [0.4, 0.5) is 0 Å². The number of amides is 1. The highest BCUT2D eigenvalue weighted by molar-refractivity contribution is 5.95. The number of benzene rings is 2. The fourth-order valence-corrected chi connectivity index (χ4v) is 2.20. The van der Waals surface area contributed by atoms with E-state index in [9.17, 15) is 24.3 Å². The second-order valence-electron chi connectivity index (χ2n) is 5.55. The number of carbonyl (C=O) groups excluding carboxylic acids is 4. The van der Waals surface area contributed by atoms with Gasteiger partial charge >= 0.3 is 11.9 Å². The highest BCUT2D eigenvalue weighted by atomic mass is 16.5. The third-order valence-electron chi connectivity index (χ3n) is 3.31. The second kappa shape index (κ2) is 8.61. The van der Waals surface area contributed by atoms with Crippen molar-refractivity contribution in [1.82, 2.24) is 5.32 Å². The van der Waals surface area contributed by atoms with Crippen LogP contribution in [0.2, 0.25) is 0 Å². The summed E-state index contributed by atoms with van der Waals surface area (Å²) >= 11 is 0. The van der Waals surface area contributed by atoms with Crippen LogP contribution in [0.3, 0.4) is 0 Å². The molecule has 0 unspecified atom stereocenters. The molecule has 0 saturated heterocycles. The molecule has 0 aliphatic heterocycles. The van der Waals surface area contributed by atoms with Crippen molar-refractivity contribution in [3.63, 3.8) is 0 Å². The van der Waals surface area contributed by atoms with Crippen molar-refractivity contribution < 1.29 is 33.8 Å². The highest BCUT2D eigenvalue weighted by Gasteiger charge is 2.12. The third kappa shape index (κ3) is 5.96. The van der Waals surface area contributed by atoms with Crippen molar-refractivity contribution in [2.24, 2.45) is 0 Å². The number of hydrogen-bond donors (Lipinski definition) is 1. The van der Waals surface area contributed by atoms with Crippen molar-refractivity contribution in [2.45, 2.75) is 20.4 Å². The first-order valence-corrected chi connectivity index (χ1v) is 7.85. The van der Waals surface area contributed by atoms with E-state index in [1.165, 1.54) is 44.2 Å². The summed E-state index contributed by atoms with van der Waals surface area (Å²) in [6.45, 7) is 2.54. The summed E-state index contributed by atoms with van der Waals surface area (Å²) in [6.07, 6.45) is 0. The number of carboxylic acids is 1. The van der Waals surface area contributed by atoms with Crippen LogP contribution in [0.15, 0.2) is 42.5 Å². The first kappa shape index (κ1) is 19.6. The fourth-order valence-electron chi connectivity index (χ4n) is 2.20. The van der Waals surface area contributed by atoms with Gasteiger partial charge in [0.25, 0.3) is 5.91 Å². The van der Waals surface area contributed by atoms with Gasteiger partial charge in [0, 0.05) is 32.0 Å². The Morgan fingerprint density at radius 1 is 0.852 bits per heavy atom. The van der Waals surface area contributed by atoms with Crippen molar-refractivity contribution in [2.75, 3.05) is 0 Å². The summed E-state index contributed by atoms with van der Waals surface area (Å²) in [5.74, 6) is -2.84. The molecular formula is C19H16NO7-. The molecule has 0 heterocycles. The van der Waals surface area contributed by atoms with Gasteiger partial charge in [0.15, 0.2) is 0 Å². The highest BCUT2D eigenvalue weighted by Crippen LogP contribution is 2.23. The Labute approximate surface area is 154 Å². The van der Waals surface area contributed by atoms with Gasteiger partial charge in [-0.1, -0.05) is 24.3 Å². The maximum absolute atomic E-state index is 12.4. The van der Waals surface area contributed by atoms with Crippen LogP contribution >= 0.6 is 0 Å². The zero-order valence-corrected chi connectivity index (χ0v) is 14.6. The van der Waals surface area contributed by atoms with Crippen molar-refractivity contribution in [1.29, 1.82) is 0 Å². The number of esters is 2. The predicted octanol–water partition coefficient (Wildman–Crippen LogP) is 0.831. The number of rotatable bonds is 6. The zero-order chi connectivity index (χ0) is 20.0. The van der Waals surface area contributed by atoms with E-state index >= 15 is 0 Å². The second-order valence-corrected chi connectivity index (χ2v) is 5.55. The summed E-state index contributed by atoms with van der Waals surface area (Å²) < 4.78 is 9.91. The molecule has 0 aromatic heterocycles. The van der Waals surface area contributed by atoms with Gasteiger partial charge in [-0.05, 0) is 23.3 Å². The average Bonchev–Trinajstić information content (AvgIpc) is 2.58. The van der Waals surface area contributed by atoms with Crippen LogP contribution in [0.5, 0.6) is 11.5 Å². The Kier molecular flexibility index (Phi) is 6.27. The molecule has 0 atom stereocenters. The van der Waals surface area contributed by atoms with Crippen molar-refractivity contribution >= 4 is 23.8 Å². The van der Waals surface area contributed by atoms with Crippen LogP contribution in [0.1, 0.15) is 40.1 Å². The topological polar surface area (TPSA) is 122 Å². The number of carboxylic acid groups (broad SMARTS) is 1. The standard InChI is InChI=1S/C19H17NO7/c1-11(21)26-16-7-15(8-17(9-16)27-12(2)22)18(23)20-10-13-3-5-14(6-4-13)19(24)25/h3-9H,10H2,1-2H3,(H,20,23)(H,24,25)/p-1. The number of ether oxygens (including phenoxy) is 2. The number of carbonyl (C=O) groups is 4. The van der Waals surface area contributed by atoms with Gasteiger partial charge in [-0.2, -0.15) is 0 Å². The Bertz CT molecular complexity index is 853. The molecule has 8 heteroatoms. The van der Waals surface area contributed by atoms with Crippen LogP contribution in [-0.2, 0) is 16.1 Å². The molecule has 0 spiro atoms. The molecule has 0 fully saturated rings. The minimum atomic E-state index is -1.29. The predicted molar refractivity (Wildman–Crippen MR) is 91.0 cm³/mol. The molecule has 140 valence electrons. The van der Waals surface area contributed by atoms with E-state index < -0.39 is 23.8 Å². The fraction of sp³-hybridized carbons (Fsp3) is 0.158. The molecule has 1 amide bonds. The van der Waals surface area contributed by atoms with E-state index in [0.29, 0.717) is 5.56 Å². The molecule has 2 aromatic carbocycles. The van der Waals surface area contributed by atoms with Gasteiger partial charge < -0.3 is 24.7 Å². The van der Waals surface area contributed by atoms with E-state index in [1.807, 2.05) is 0 Å². The van der Waals surface area contributed by atoms with Gasteiger partial charge in [0.2, 0.25) is 0 Å². The quantitative estimate of drug-likeness (QED) is 0.590. The number of nitrogens with one attached hydrogen (secondary N) is 1. The van der Waals surface area contributed by atoms with Crippen LogP contribution in [0, 0.1) is 0 Å². The summed E-state index contributed by atoms with van der Waals surface area (Å²) in [6, 6.07) is 9.83. The van der Waals surface area contributed by atoms with Gasteiger partial charge in [0.05, 0.1) is 5.97 Å². The Morgan fingerprint density at radius 2 is 1.37 bits per heavy atom. The monoisotopic (exact) mass is 370 g/mol. The third-order valence-corrected chi connectivity index (χ3v) is 3.31. The van der Waals surface area contributed by atoms with Gasteiger partial charge in [-0.25, -0.2) is 0 Å². The molecule has 8 nitrogen and oxygen atoms in total. The maximum Gasteiger partial charge on any atom is 0.308 e. The maximum atomic E-state index is 12.4. The van der Waals surface area contributed by atoms with Gasteiger partial charge in [0.1, 0.15) is 11.5 Å². The van der Waals surface area contributed by atoms with E-state index in [-0.39, 0.29) is 29.2 Å². The Morgan fingerprint density at radius 3 is 1.81 bits per heavy atom. The molecule has 0 radical (unpaired) electrons. The molecule has 2 rings (SSSR count). The molecule has 2 aromatic rings. The summed E-state index contributed by atoms with van der Waals surface area (Å²) in [5, 5.41) is 13.4. The number of aromatic carboxylic acids is 1. The van der Waals surface area contributed by atoms with Crippen LogP contribution < -0.4 is 19.9 Å². The van der Waals surface area contributed by atoms with Gasteiger partial charge in [-0.3, -0.25) is 14.4 Å². The van der Waals surface area contributed by atoms with E-state index in [4.69, 9.17) is 9.47 Å². The minimum absolute atomic E-state index is 0.0326. The molecule has 0 aliphatic rings. The summed E-state index contributed by atoms with van der Waals surface area (Å²) in [4.78, 5) is 45.4. The summed E-state index contributed by atoms with van der Waals surface area (Å²) in [7, 11) is 0. The first-order valence-electron chi connectivity index (χ1n) is 7.85. The first-order chi connectivity index (χ1) is 12.7. The average molecular weight is 370 g/mol. The lowest BCUT2D eigenvalue weighted by atomic mass is 10.1. The lowest BCUT2D eigenvalue weighted by Crippen LogP contribution is -2.24. The smallest absolute Gasteiger partial charge is 0.308 e. The lowest BCUT2D eigenvalue weighted by Gasteiger charge is -2.10. The molecule has 0 aliphatic carbocycles. The summed E-state index contributed by atoms with van der Waals surface area (Å²) in [5.41, 5.74) is 0.825. The van der Waals surface area contributed by atoms with Crippen molar-refractivity contribution in [3.8, 4) is 11.5 Å². The Balaban J connectivity index is 2.14. The Hall–Kier alpha value is -3.68. The minimum Gasteiger partial charge on any atom is -0.545 e. The van der Waals surface area contributed by atoms with Crippen LogP contribution in [0.25, 0.3) is 0 Å². The molecule has 27 heavy (non-hydrogen) atoms. The SMILES string of the molecule is CC(=O)Oc1cc(OC(C)=O)cc(C(=O)NCc2ccc(C(=O)[O-])cc2)c1.